The highest BCUT2D eigenvalue weighted by Gasteiger charge is 2.25. The lowest BCUT2D eigenvalue weighted by Gasteiger charge is -2.25. The van der Waals surface area contributed by atoms with Gasteiger partial charge >= 0.3 is 0 Å². The molecule has 1 heterocycles. The van der Waals surface area contributed by atoms with Gasteiger partial charge in [0.2, 0.25) is 0 Å². The number of carbonyl (C=O) groups is 3. The SMILES string of the molecule is Cc1cc(N(CCN(C)C)C(=O)c2nc[nH]c2C(N)=O)ccc1NC(=O)c1ccc(F)cc1Cl. The molecule has 3 aromatic rings. The molecule has 178 valence electrons. The monoisotopic (exact) mass is 486 g/mol. The quantitative estimate of drug-likeness (QED) is 0.451. The van der Waals surface area contributed by atoms with Crippen molar-refractivity contribution < 1.29 is 18.8 Å². The summed E-state index contributed by atoms with van der Waals surface area (Å²) >= 11 is 5.99. The Morgan fingerprint density at radius 1 is 1.15 bits per heavy atom. The van der Waals surface area contributed by atoms with Crippen LogP contribution < -0.4 is 16.0 Å². The van der Waals surface area contributed by atoms with Crippen molar-refractivity contribution in [2.45, 2.75) is 6.92 Å². The van der Waals surface area contributed by atoms with Gasteiger partial charge in [0, 0.05) is 24.5 Å². The van der Waals surface area contributed by atoms with E-state index in [9.17, 15) is 18.8 Å². The first-order valence-corrected chi connectivity index (χ1v) is 10.6. The van der Waals surface area contributed by atoms with E-state index in [2.05, 4.69) is 15.3 Å². The Morgan fingerprint density at radius 2 is 1.88 bits per heavy atom. The number of primary amides is 1. The third kappa shape index (κ3) is 5.59. The molecule has 0 aliphatic carbocycles. The zero-order chi connectivity index (χ0) is 25.0. The van der Waals surface area contributed by atoms with E-state index in [1.807, 2.05) is 19.0 Å². The molecule has 0 saturated carbocycles. The molecule has 0 spiro atoms. The number of hydrogen-bond acceptors (Lipinski definition) is 5. The second kappa shape index (κ2) is 10.4. The molecule has 0 atom stereocenters. The van der Waals surface area contributed by atoms with Crippen LogP contribution in [-0.2, 0) is 0 Å². The van der Waals surface area contributed by atoms with E-state index >= 15 is 0 Å². The van der Waals surface area contributed by atoms with E-state index in [0.29, 0.717) is 30.0 Å². The zero-order valence-electron chi connectivity index (χ0n) is 18.9. The molecule has 2 aromatic carbocycles. The van der Waals surface area contributed by atoms with Gasteiger partial charge in [0.1, 0.15) is 11.5 Å². The standard InChI is InChI=1S/C23H24ClFN6O3/c1-13-10-15(5-7-18(13)29-22(33)16-6-4-14(25)11-17(16)24)31(9-8-30(2)3)23(34)20-19(21(26)32)27-12-28-20/h4-7,10-12H,8-9H2,1-3H3,(H2,26,32)(H,27,28)(H,29,33). The molecule has 0 radical (unpaired) electrons. The van der Waals surface area contributed by atoms with Crippen LogP contribution in [-0.4, -0.2) is 59.8 Å². The lowest BCUT2D eigenvalue weighted by molar-refractivity contribution is 0.0954. The van der Waals surface area contributed by atoms with Crippen LogP contribution in [0.5, 0.6) is 0 Å². The number of H-pyrrole nitrogens is 1. The number of anilines is 2. The molecule has 34 heavy (non-hydrogen) atoms. The summed E-state index contributed by atoms with van der Waals surface area (Å²) in [6.07, 6.45) is 1.24. The molecule has 0 fully saturated rings. The fourth-order valence-electron chi connectivity index (χ4n) is 3.24. The number of rotatable bonds is 8. The number of nitrogens with one attached hydrogen (secondary N) is 2. The van der Waals surface area contributed by atoms with Gasteiger partial charge in [-0.2, -0.15) is 0 Å². The van der Waals surface area contributed by atoms with E-state index in [4.69, 9.17) is 17.3 Å². The van der Waals surface area contributed by atoms with Crippen LogP contribution in [0.2, 0.25) is 5.02 Å². The molecule has 9 nitrogen and oxygen atoms in total. The third-order valence-electron chi connectivity index (χ3n) is 5.05. The predicted molar refractivity (Wildman–Crippen MR) is 128 cm³/mol. The maximum absolute atomic E-state index is 13.3. The van der Waals surface area contributed by atoms with Gasteiger partial charge in [-0.3, -0.25) is 14.4 Å². The first-order valence-electron chi connectivity index (χ1n) is 10.2. The second-order valence-corrected chi connectivity index (χ2v) is 8.24. The summed E-state index contributed by atoms with van der Waals surface area (Å²) in [7, 11) is 3.74. The van der Waals surface area contributed by atoms with Crippen molar-refractivity contribution in [2.75, 3.05) is 37.4 Å². The zero-order valence-corrected chi connectivity index (χ0v) is 19.6. The van der Waals surface area contributed by atoms with Crippen LogP contribution in [0.15, 0.2) is 42.7 Å². The number of nitrogens with zero attached hydrogens (tertiary/aromatic N) is 3. The van der Waals surface area contributed by atoms with Gasteiger partial charge in [-0.05, 0) is 63.0 Å². The van der Waals surface area contributed by atoms with Gasteiger partial charge < -0.3 is 25.8 Å². The number of carbonyl (C=O) groups excluding carboxylic acids is 3. The van der Waals surface area contributed by atoms with Crippen LogP contribution >= 0.6 is 11.6 Å². The minimum Gasteiger partial charge on any atom is -0.364 e. The van der Waals surface area contributed by atoms with E-state index in [1.54, 1.807) is 25.1 Å². The minimum absolute atomic E-state index is 0.00325. The largest absolute Gasteiger partial charge is 0.364 e. The molecule has 0 unspecified atom stereocenters. The van der Waals surface area contributed by atoms with Crippen molar-refractivity contribution in [3.63, 3.8) is 0 Å². The Balaban J connectivity index is 1.89. The second-order valence-electron chi connectivity index (χ2n) is 7.83. The molecule has 4 N–H and O–H groups in total. The van der Waals surface area contributed by atoms with Crippen molar-refractivity contribution in [1.29, 1.82) is 0 Å². The normalized spacial score (nSPS) is 10.9. The fraction of sp³-hybridized carbons (Fsp3) is 0.217. The van der Waals surface area contributed by atoms with Crippen LogP contribution in [0.1, 0.15) is 36.9 Å². The third-order valence-corrected chi connectivity index (χ3v) is 5.36. The Bertz CT molecular complexity index is 1240. The number of hydrogen-bond donors (Lipinski definition) is 3. The van der Waals surface area contributed by atoms with Gasteiger partial charge in [0.05, 0.1) is 16.9 Å². The molecule has 11 heteroatoms. The molecule has 0 aliphatic rings. The van der Waals surface area contributed by atoms with Gasteiger partial charge in [0.25, 0.3) is 17.7 Å². The maximum atomic E-state index is 13.3. The van der Waals surface area contributed by atoms with Crippen LogP contribution in [0.25, 0.3) is 0 Å². The highest BCUT2D eigenvalue weighted by Crippen LogP contribution is 2.26. The minimum atomic E-state index is -0.790. The molecule has 0 aliphatic heterocycles. The Labute approximate surface area is 200 Å². The number of benzene rings is 2. The van der Waals surface area contributed by atoms with Crippen molar-refractivity contribution in [2.24, 2.45) is 5.73 Å². The highest BCUT2D eigenvalue weighted by atomic mass is 35.5. The topological polar surface area (TPSA) is 124 Å². The van der Waals surface area contributed by atoms with Crippen molar-refractivity contribution in [3.8, 4) is 0 Å². The number of aryl methyl sites for hydroxylation is 1. The number of likely N-dealkylation sites (N-methyl/N-ethyl adjacent to an activating group) is 1. The molecular formula is C23H24ClFN6O3. The first kappa shape index (κ1) is 24.9. The van der Waals surface area contributed by atoms with Crippen molar-refractivity contribution >= 4 is 40.7 Å². The highest BCUT2D eigenvalue weighted by molar-refractivity contribution is 6.34. The fourth-order valence-corrected chi connectivity index (χ4v) is 3.49. The summed E-state index contributed by atoms with van der Waals surface area (Å²) in [5.74, 6) is -2.32. The molecular weight excluding hydrogens is 463 g/mol. The van der Waals surface area contributed by atoms with Crippen LogP contribution in [0, 0.1) is 12.7 Å². The summed E-state index contributed by atoms with van der Waals surface area (Å²) in [5.41, 5.74) is 7.04. The summed E-state index contributed by atoms with van der Waals surface area (Å²) < 4.78 is 13.3. The number of aromatic nitrogens is 2. The Kier molecular flexibility index (Phi) is 7.64. The number of nitrogens with two attached hydrogens (primary N) is 1. The lowest BCUT2D eigenvalue weighted by Crippen LogP contribution is -2.38. The Morgan fingerprint density at radius 3 is 2.50 bits per heavy atom. The summed E-state index contributed by atoms with van der Waals surface area (Å²) in [6, 6.07) is 8.57. The van der Waals surface area contributed by atoms with Crippen molar-refractivity contribution in [3.05, 3.63) is 76.1 Å². The summed E-state index contributed by atoms with van der Waals surface area (Å²) in [4.78, 5) is 47.5. The molecule has 0 bridgehead atoms. The molecule has 3 amide bonds. The number of aromatic amines is 1. The molecule has 1 aromatic heterocycles. The van der Waals surface area contributed by atoms with Gasteiger partial charge in [0.15, 0.2) is 5.69 Å². The summed E-state index contributed by atoms with van der Waals surface area (Å²) in [5, 5.41) is 2.74. The first-order chi connectivity index (χ1) is 16.1. The average molecular weight is 487 g/mol. The van der Waals surface area contributed by atoms with Gasteiger partial charge in [-0.25, -0.2) is 9.37 Å². The number of halogens is 2. The Hall–Kier alpha value is -3.76. The average Bonchev–Trinajstić information content (AvgIpc) is 3.25. The number of imidazole rings is 1. The van der Waals surface area contributed by atoms with E-state index in [1.165, 1.54) is 17.3 Å². The van der Waals surface area contributed by atoms with Gasteiger partial charge in [-0.15, -0.1) is 0 Å². The predicted octanol–water partition coefficient (Wildman–Crippen LogP) is 3.07. The van der Waals surface area contributed by atoms with Crippen LogP contribution in [0.3, 0.4) is 0 Å². The smallest absolute Gasteiger partial charge is 0.279 e. The lowest BCUT2D eigenvalue weighted by atomic mass is 10.1. The maximum Gasteiger partial charge on any atom is 0.279 e. The molecule has 0 saturated heterocycles. The van der Waals surface area contributed by atoms with E-state index < -0.39 is 23.5 Å². The summed E-state index contributed by atoms with van der Waals surface area (Å²) in [6.45, 7) is 2.62. The van der Waals surface area contributed by atoms with Gasteiger partial charge in [-0.1, -0.05) is 11.6 Å². The van der Waals surface area contributed by atoms with E-state index in [0.717, 1.165) is 12.1 Å². The molecule has 3 rings (SSSR count). The number of amides is 3. The van der Waals surface area contributed by atoms with Crippen molar-refractivity contribution in [1.82, 2.24) is 14.9 Å². The van der Waals surface area contributed by atoms with E-state index in [-0.39, 0.29) is 22.0 Å². The van der Waals surface area contributed by atoms with Crippen LogP contribution in [0.4, 0.5) is 15.8 Å².